The largest absolute Gasteiger partial charge is 0.393 e. The normalized spacial score (nSPS) is 15.9. The molecule has 0 aromatic rings. The van der Waals surface area contributed by atoms with Crippen molar-refractivity contribution in [2.45, 2.75) is 72.3 Å². The van der Waals surface area contributed by atoms with Crippen LogP contribution < -0.4 is 0 Å². The van der Waals surface area contributed by atoms with Crippen LogP contribution in [0.25, 0.3) is 0 Å². The van der Waals surface area contributed by atoms with Crippen molar-refractivity contribution in [2.75, 3.05) is 0 Å². The Bertz CT molecular complexity index is 118. The zero-order chi connectivity index (χ0) is 11.0. The van der Waals surface area contributed by atoms with Gasteiger partial charge in [0.1, 0.15) is 0 Å². The van der Waals surface area contributed by atoms with E-state index in [0.29, 0.717) is 5.92 Å². The lowest BCUT2D eigenvalue weighted by Gasteiger charge is -2.13. The first kappa shape index (κ1) is 14.0. The number of rotatable bonds is 8. The van der Waals surface area contributed by atoms with Gasteiger partial charge in [-0.2, -0.15) is 0 Å². The summed E-state index contributed by atoms with van der Waals surface area (Å²) in [7, 11) is 0. The number of aliphatic hydroxyl groups excluding tert-OH is 1. The van der Waals surface area contributed by atoms with Crippen molar-refractivity contribution in [1.29, 1.82) is 0 Å². The molecule has 1 unspecified atom stereocenters. The van der Waals surface area contributed by atoms with Crippen LogP contribution in [0.3, 0.4) is 0 Å². The third-order valence-corrected chi connectivity index (χ3v) is 3.01. The fourth-order valence-electron chi connectivity index (χ4n) is 1.61. The fraction of sp³-hybridized carbons (Fsp3) is 1.00. The molecular weight excluding hydrogens is 172 g/mol. The third-order valence-electron chi connectivity index (χ3n) is 3.01. The van der Waals surface area contributed by atoms with Gasteiger partial charge in [-0.15, -0.1) is 0 Å². The summed E-state index contributed by atoms with van der Waals surface area (Å²) in [5.41, 5.74) is 0. The van der Waals surface area contributed by atoms with Gasteiger partial charge in [-0.3, -0.25) is 0 Å². The van der Waals surface area contributed by atoms with Gasteiger partial charge < -0.3 is 5.11 Å². The highest BCUT2D eigenvalue weighted by Crippen LogP contribution is 2.15. The molecule has 2 atom stereocenters. The van der Waals surface area contributed by atoms with Gasteiger partial charge in [0.2, 0.25) is 0 Å². The van der Waals surface area contributed by atoms with Gasteiger partial charge in [-0.25, -0.2) is 0 Å². The topological polar surface area (TPSA) is 20.2 Å². The molecule has 0 saturated carbocycles. The highest BCUT2D eigenvalue weighted by molar-refractivity contribution is 4.59. The van der Waals surface area contributed by atoms with Gasteiger partial charge in [0.25, 0.3) is 0 Å². The lowest BCUT2D eigenvalue weighted by molar-refractivity contribution is 0.128. The maximum absolute atomic E-state index is 9.30. The molecule has 0 aliphatic rings. The van der Waals surface area contributed by atoms with E-state index in [1.807, 2.05) is 6.92 Å². The molecule has 0 fully saturated rings. The van der Waals surface area contributed by atoms with E-state index >= 15 is 0 Å². The zero-order valence-corrected chi connectivity index (χ0v) is 10.4. The molecule has 14 heavy (non-hydrogen) atoms. The van der Waals surface area contributed by atoms with Crippen LogP contribution in [0.2, 0.25) is 0 Å². The fourth-order valence-corrected chi connectivity index (χ4v) is 1.61. The SMILES string of the molecule is CC(C)CCCCCCC(C)[C@H](C)O. The van der Waals surface area contributed by atoms with Crippen molar-refractivity contribution in [3.8, 4) is 0 Å². The highest BCUT2D eigenvalue weighted by atomic mass is 16.3. The first-order valence-electron chi connectivity index (χ1n) is 6.22. The highest BCUT2D eigenvalue weighted by Gasteiger charge is 2.07. The Balaban J connectivity index is 3.13. The van der Waals surface area contributed by atoms with Crippen LogP contribution in [-0.2, 0) is 0 Å². The predicted octanol–water partition coefficient (Wildman–Crippen LogP) is 4.00. The summed E-state index contributed by atoms with van der Waals surface area (Å²) in [6, 6.07) is 0. The maximum atomic E-state index is 9.30. The van der Waals surface area contributed by atoms with E-state index in [0.717, 1.165) is 5.92 Å². The van der Waals surface area contributed by atoms with Crippen molar-refractivity contribution in [1.82, 2.24) is 0 Å². The first-order chi connectivity index (χ1) is 6.54. The molecule has 0 radical (unpaired) electrons. The van der Waals surface area contributed by atoms with E-state index in [4.69, 9.17) is 0 Å². The van der Waals surface area contributed by atoms with Crippen LogP contribution in [-0.4, -0.2) is 11.2 Å². The Labute approximate surface area is 89.9 Å². The van der Waals surface area contributed by atoms with Gasteiger partial charge in [0.15, 0.2) is 0 Å². The summed E-state index contributed by atoms with van der Waals surface area (Å²) >= 11 is 0. The number of hydrogen-bond donors (Lipinski definition) is 1. The molecule has 1 heteroatoms. The minimum atomic E-state index is -0.134. The van der Waals surface area contributed by atoms with E-state index < -0.39 is 0 Å². The van der Waals surface area contributed by atoms with Crippen molar-refractivity contribution >= 4 is 0 Å². The van der Waals surface area contributed by atoms with Gasteiger partial charge in [0.05, 0.1) is 6.10 Å². The van der Waals surface area contributed by atoms with Crippen LogP contribution in [0, 0.1) is 11.8 Å². The molecule has 0 aliphatic heterocycles. The lowest BCUT2D eigenvalue weighted by Crippen LogP contribution is -2.12. The van der Waals surface area contributed by atoms with Crippen LogP contribution in [0.5, 0.6) is 0 Å². The molecule has 0 amide bonds. The molecular formula is C13H28O. The second kappa shape index (κ2) is 8.28. The van der Waals surface area contributed by atoms with Gasteiger partial charge in [0, 0.05) is 0 Å². The Morgan fingerprint density at radius 3 is 1.71 bits per heavy atom. The lowest BCUT2D eigenvalue weighted by atomic mass is 9.97. The minimum absolute atomic E-state index is 0.134. The summed E-state index contributed by atoms with van der Waals surface area (Å²) in [6.45, 7) is 8.60. The quantitative estimate of drug-likeness (QED) is 0.587. The molecule has 0 bridgehead atoms. The molecule has 0 aliphatic carbocycles. The summed E-state index contributed by atoms with van der Waals surface area (Å²) in [5, 5.41) is 9.30. The average molecular weight is 200 g/mol. The molecule has 0 saturated heterocycles. The van der Waals surface area contributed by atoms with Crippen molar-refractivity contribution in [3.63, 3.8) is 0 Å². The summed E-state index contributed by atoms with van der Waals surface area (Å²) in [5.74, 6) is 1.33. The third kappa shape index (κ3) is 8.55. The first-order valence-corrected chi connectivity index (χ1v) is 6.22. The summed E-state index contributed by atoms with van der Waals surface area (Å²) in [6.07, 6.45) is 7.77. The van der Waals surface area contributed by atoms with Gasteiger partial charge in [-0.1, -0.05) is 52.9 Å². The zero-order valence-electron chi connectivity index (χ0n) is 10.4. The predicted molar refractivity (Wildman–Crippen MR) is 63.4 cm³/mol. The second-order valence-electron chi connectivity index (χ2n) is 5.10. The molecule has 0 aromatic heterocycles. The molecule has 0 heterocycles. The Kier molecular flexibility index (Phi) is 8.26. The molecule has 0 spiro atoms. The maximum Gasteiger partial charge on any atom is 0.0537 e. The molecule has 1 nitrogen and oxygen atoms in total. The Morgan fingerprint density at radius 1 is 0.786 bits per heavy atom. The van der Waals surface area contributed by atoms with Gasteiger partial charge >= 0.3 is 0 Å². The average Bonchev–Trinajstić information content (AvgIpc) is 2.09. The van der Waals surface area contributed by atoms with Crippen LogP contribution >= 0.6 is 0 Å². The van der Waals surface area contributed by atoms with E-state index in [1.165, 1.54) is 38.5 Å². The smallest absolute Gasteiger partial charge is 0.0537 e. The van der Waals surface area contributed by atoms with Crippen molar-refractivity contribution in [3.05, 3.63) is 0 Å². The van der Waals surface area contributed by atoms with Gasteiger partial charge in [-0.05, 0) is 25.2 Å². The minimum Gasteiger partial charge on any atom is -0.393 e. The van der Waals surface area contributed by atoms with E-state index in [2.05, 4.69) is 20.8 Å². The molecule has 0 rings (SSSR count). The summed E-state index contributed by atoms with van der Waals surface area (Å²) < 4.78 is 0. The number of unbranched alkanes of at least 4 members (excludes halogenated alkanes) is 3. The summed E-state index contributed by atoms with van der Waals surface area (Å²) in [4.78, 5) is 0. The van der Waals surface area contributed by atoms with Crippen LogP contribution in [0.4, 0.5) is 0 Å². The Hall–Kier alpha value is -0.0400. The molecule has 0 aromatic carbocycles. The molecule has 1 N–H and O–H groups in total. The second-order valence-corrected chi connectivity index (χ2v) is 5.10. The van der Waals surface area contributed by atoms with E-state index in [-0.39, 0.29) is 6.10 Å². The number of aliphatic hydroxyl groups is 1. The van der Waals surface area contributed by atoms with Crippen molar-refractivity contribution < 1.29 is 5.11 Å². The van der Waals surface area contributed by atoms with E-state index in [1.54, 1.807) is 0 Å². The standard InChI is InChI=1S/C13H28O/c1-11(2)9-7-5-6-8-10-12(3)13(4)14/h11-14H,5-10H2,1-4H3/t12?,13-/m0/s1. The van der Waals surface area contributed by atoms with E-state index in [9.17, 15) is 5.11 Å². The molecule has 86 valence electrons. The van der Waals surface area contributed by atoms with Crippen molar-refractivity contribution in [2.24, 2.45) is 11.8 Å². The Morgan fingerprint density at radius 2 is 1.29 bits per heavy atom. The van der Waals surface area contributed by atoms with Crippen LogP contribution in [0.15, 0.2) is 0 Å². The monoisotopic (exact) mass is 200 g/mol. The number of hydrogen-bond acceptors (Lipinski definition) is 1. The van der Waals surface area contributed by atoms with Crippen LogP contribution in [0.1, 0.15) is 66.2 Å².